The standard InChI is InChI=1S/C19H18F2N4O3/c1-24-17-6-4-13(10-16(17)22-23-24)19(27)25(8-7-18(26)28-2)11-12-3-5-14(20)15(21)9-12/h3-6,9-10H,7-8,11H2,1-2H3. The van der Waals surface area contributed by atoms with Gasteiger partial charge in [0.15, 0.2) is 11.6 Å². The van der Waals surface area contributed by atoms with Gasteiger partial charge in [0, 0.05) is 25.7 Å². The Morgan fingerprint density at radius 2 is 1.93 bits per heavy atom. The second-order valence-corrected chi connectivity index (χ2v) is 6.22. The third-order valence-electron chi connectivity index (χ3n) is 4.32. The lowest BCUT2D eigenvalue weighted by Gasteiger charge is -2.22. The average Bonchev–Trinajstić information content (AvgIpc) is 3.07. The molecule has 7 nitrogen and oxygen atoms in total. The van der Waals surface area contributed by atoms with Gasteiger partial charge in [0.05, 0.1) is 19.0 Å². The number of ether oxygens (including phenoxy) is 1. The van der Waals surface area contributed by atoms with Gasteiger partial charge in [0.2, 0.25) is 0 Å². The topological polar surface area (TPSA) is 77.3 Å². The molecule has 0 spiro atoms. The first-order chi connectivity index (χ1) is 13.4. The van der Waals surface area contributed by atoms with E-state index in [1.165, 1.54) is 18.1 Å². The van der Waals surface area contributed by atoms with Crippen LogP contribution in [0.4, 0.5) is 8.78 Å². The van der Waals surface area contributed by atoms with Crippen molar-refractivity contribution >= 4 is 22.9 Å². The summed E-state index contributed by atoms with van der Waals surface area (Å²) in [5.41, 5.74) is 2.06. The molecular weight excluding hydrogens is 370 g/mol. The maximum absolute atomic E-state index is 13.5. The summed E-state index contributed by atoms with van der Waals surface area (Å²) in [6, 6.07) is 8.37. The molecule has 1 heterocycles. The zero-order chi connectivity index (χ0) is 20.3. The van der Waals surface area contributed by atoms with Gasteiger partial charge in [-0.1, -0.05) is 11.3 Å². The van der Waals surface area contributed by atoms with E-state index in [0.29, 0.717) is 16.6 Å². The maximum Gasteiger partial charge on any atom is 0.307 e. The van der Waals surface area contributed by atoms with Crippen molar-refractivity contribution in [1.82, 2.24) is 19.9 Å². The molecular formula is C19H18F2N4O3. The summed E-state index contributed by atoms with van der Waals surface area (Å²) >= 11 is 0. The van der Waals surface area contributed by atoms with Gasteiger partial charge in [-0.25, -0.2) is 13.5 Å². The lowest BCUT2D eigenvalue weighted by Crippen LogP contribution is -2.32. The van der Waals surface area contributed by atoms with E-state index < -0.39 is 17.6 Å². The molecule has 0 aliphatic rings. The Labute approximate surface area is 159 Å². The van der Waals surface area contributed by atoms with E-state index in [4.69, 9.17) is 0 Å². The summed E-state index contributed by atoms with van der Waals surface area (Å²) in [5.74, 6) is -2.82. The number of carbonyl (C=O) groups excluding carboxylic acids is 2. The number of carbonyl (C=O) groups is 2. The molecule has 1 aromatic heterocycles. The highest BCUT2D eigenvalue weighted by atomic mass is 19.2. The van der Waals surface area contributed by atoms with Gasteiger partial charge in [-0.05, 0) is 35.9 Å². The average molecular weight is 388 g/mol. The number of methoxy groups -OCH3 is 1. The molecule has 0 saturated carbocycles. The van der Waals surface area contributed by atoms with E-state index in [9.17, 15) is 18.4 Å². The number of aryl methyl sites for hydroxylation is 1. The van der Waals surface area contributed by atoms with Crippen LogP contribution < -0.4 is 0 Å². The van der Waals surface area contributed by atoms with Crippen LogP contribution in [0.3, 0.4) is 0 Å². The molecule has 0 fully saturated rings. The second kappa shape index (κ2) is 8.12. The van der Waals surface area contributed by atoms with Crippen LogP contribution in [-0.4, -0.2) is 45.4 Å². The van der Waals surface area contributed by atoms with E-state index in [2.05, 4.69) is 15.0 Å². The molecule has 0 radical (unpaired) electrons. The Bertz CT molecular complexity index is 1040. The quantitative estimate of drug-likeness (QED) is 0.606. The summed E-state index contributed by atoms with van der Waals surface area (Å²) in [5, 5.41) is 7.89. The van der Waals surface area contributed by atoms with Crippen LogP contribution in [0.25, 0.3) is 11.0 Å². The zero-order valence-electron chi connectivity index (χ0n) is 15.4. The van der Waals surface area contributed by atoms with Crippen LogP contribution in [0.2, 0.25) is 0 Å². The molecule has 3 rings (SSSR count). The second-order valence-electron chi connectivity index (χ2n) is 6.22. The maximum atomic E-state index is 13.5. The van der Waals surface area contributed by atoms with Gasteiger partial charge in [-0.15, -0.1) is 5.10 Å². The van der Waals surface area contributed by atoms with Crippen molar-refractivity contribution < 1.29 is 23.1 Å². The molecule has 0 aliphatic carbocycles. The predicted octanol–water partition coefficient (Wildman–Crippen LogP) is 2.45. The van der Waals surface area contributed by atoms with Gasteiger partial charge < -0.3 is 9.64 Å². The molecule has 0 unspecified atom stereocenters. The SMILES string of the molecule is COC(=O)CCN(Cc1ccc(F)c(F)c1)C(=O)c1ccc2c(c1)nnn2C. The summed E-state index contributed by atoms with van der Waals surface area (Å²) in [6.45, 7) is 0.0640. The van der Waals surface area contributed by atoms with Gasteiger partial charge in [0.25, 0.3) is 5.91 Å². The van der Waals surface area contributed by atoms with Gasteiger partial charge in [0.1, 0.15) is 5.52 Å². The van der Waals surface area contributed by atoms with E-state index in [1.54, 1.807) is 29.9 Å². The Hall–Kier alpha value is -3.36. The molecule has 146 valence electrons. The highest BCUT2D eigenvalue weighted by molar-refractivity contribution is 5.97. The number of hydrogen-bond donors (Lipinski definition) is 0. The molecule has 0 saturated heterocycles. The molecule has 3 aromatic rings. The Morgan fingerprint density at radius 1 is 1.14 bits per heavy atom. The minimum atomic E-state index is -1.00. The van der Waals surface area contributed by atoms with Crippen molar-refractivity contribution in [2.75, 3.05) is 13.7 Å². The smallest absolute Gasteiger partial charge is 0.307 e. The van der Waals surface area contributed by atoms with Crippen molar-refractivity contribution in [3.63, 3.8) is 0 Å². The van der Waals surface area contributed by atoms with Crippen LogP contribution >= 0.6 is 0 Å². The first kappa shape index (κ1) is 19.4. The van der Waals surface area contributed by atoms with Crippen LogP contribution in [0.1, 0.15) is 22.3 Å². The van der Waals surface area contributed by atoms with Crippen molar-refractivity contribution in [3.05, 3.63) is 59.2 Å². The number of nitrogens with zero attached hydrogens (tertiary/aromatic N) is 4. The molecule has 0 aliphatic heterocycles. The number of aromatic nitrogens is 3. The van der Waals surface area contributed by atoms with Gasteiger partial charge >= 0.3 is 5.97 Å². The molecule has 9 heteroatoms. The van der Waals surface area contributed by atoms with Crippen molar-refractivity contribution in [2.24, 2.45) is 7.05 Å². The molecule has 2 aromatic carbocycles. The fourth-order valence-electron chi connectivity index (χ4n) is 2.80. The fourth-order valence-corrected chi connectivity index (χ4v) is 2.80. The van der Waals surface area contributed by atoms with Crippen LogP contribution in [0.15, 0.2) is 36.4 Å². The van der Waals surface area contributed by atoms with Crippen LogP contribution in [0, 0.1) is 11.6 Å². The highest BCUT2D eigenvalue weighted by Crippen LogP contribution is 2.17. The van der Waals surface area contributed by atoms with Crippen molar-refractivity contribution in [3.8, 4) is 0 Å². The first-order valence-electron chi connectivity index (χ1n) is 8.48. The number of fused-ring (bicyclic) bond motifs is 1. The largest absolute Gasteiger partial charge is 0.469 e. The monoisotopic (exact) mass is 388 g/mol. The van der Waals surface area contributed by atoms with Crippen molar-refractivity contribution in [1.29, 1.82) is 0 Å². The Balaban J connectivity index is 1.87. The summed E-state index contributed by atoms with van der Waals surface area (Å²) in [7, 11) is 2.99. The first-order valence-corrected chi connectivity index (χ1v) is 8.48. The third kappa shape index (κ3) is 4.13. The van der Waals surface area contributed by atoms with Crippen LogP contribution in [0.5, 0.6) is 0 Å². The summed E-state index contributed by atoms with van der Waals surface area (Å²) < 4.78 is 32.9. The lowest BCUT2D eigenvalue weighted by atomic mass is 10.1. The highest BCUT2D eigenvalue weighted by Gasteiger charge is 2.19. The Kier molecular flexibility index (Phi) is 5.62. The number of rotatable bonds is 6. The minimum absolute atomic E-state index is 0.00549. The molecule has 1 amide bonds. The minimum Gasteiger partial charge on any atom is -0.469 e. The lowest BCUT2D eigenvalue weighted by molar-refractivity contribution is -0.140. The predicted molar refractivity (Wildman–Crippen MR) is 96.2 cm³/mol. The number of amides is 1. The number of esters is 1. The number of benzene rings is 2. The number of hydrogen-bond acceptors (Lipinski definition) is 5. The van der Waals surface area contributed by atoms with E-state index >= 15 is 0 Å². The molecule has 0 atom stereocenters. The fraction of sp³-hybridized carbons (Fsp3) is 0.263. The zero-order valence-corrected chi connectivity index (χ0v) is 15.4. The molecule has 28 heavy (non-hydrogen) atoms. The molecule has 0 bridgehead atoms. The van der Waals surface area contributed by atoms with E-state index in [-0.39, 0.29) is 25.4 Å². The summed E-state index contributed by atoms with van der Waals surface area (Å²) in [6.07, 6.45) is -0.0285. The third-order valence-corrected chi connectivity index (χ3v) is 4.32. The number of halogens is 2. The molecule has 0 N–H and O–H groups in total. The van der Waals surface area contributed by atoms with Gasteiger partial charge in [-0.3, -0.25) is 9.59 Å². The van der Waals surface area contributed by atoms with Crippen molar-refractivity contribution in [2.45, 2.75) is 13.0 Å². The van der Waals surface area contributed by atoms with Gasteiger partial charge in [-0.2, -0.15) is 0 Å². The van der Waals surface area contributed by atoms with Crippen LogP contribution in [-0.2, 0) is 23.1 Å². The normalized spacial score (nSPS) is 10.9. The Morgan fingerprint density at radius 3 is 2.64 bits per heavy atom. The van der Waals surface area contributed by atoms with E-state index in [1.807, 2.05) is 0 Å². The summed E-state index contributed by atoms with van der Waals surface area (Å²) in [4.78, 5) is 25.9. The van der Waals surface area contributed by atoms with E-state index in [0.717, 1.165) is 17.6 Å².